The van der Waals surface area contributed by atoms with Gasteiger partial charge in [0.15, 0.2) is 12.2 Å². The molecule has 84 heavy (non-hydrogen) atoms. The molecule has 6 atom stereocenters. The lowest BCUT2D eigenvalue weighted by molar-refractivity contribution is -0.161. The van der Waals surface area contributed by atoms with Crippen LogP contribution in [0.1, 0.15) is 312 Å². The van der Waals surface area contributed by atoms with Crippen LogP contribution in [-0.2, 0) is 65.4 Å². The van der Waals surface area contributed by atoms with Crippen LogP contribution in [-0.4, -0.2) is 96.7 Å². The van der Waals surface area contributed by atoms with E-state index in [0.717, 1.165) is 114 Å². The number of rotatable bonds is 62. The van der Waals surface area contributed by atoms with Crippen molar-refractivity contribution in [1.29, 1.82) is 0 Å². The van der Waals surface area contributed by atoms with Crippen LogP contribution in [0.15, 0.2) is 0 Å². The Morgan fingerprint density at radius 2 is 0.571 bits per heavy atom. The Morgan fingerprint density at radius 3 is 0.845 bits per heavy atom. The number of hydrogen-bond donors (Lipinski definition) is 3. The van der Waals surface area contributed by atoms with Crippen molar-refractivity contribution in [2.45, 2.75) is 331 Å². The summed E-state index contributed by atoms with van der Waals surface area (Å²) >= 11 is 0. The number of aliphatic hydroxyl groups excluding tert-OH is 1. The van der Waals surface area contributed by atoms with Crippen molar-refractivity contribution in [2.24, 2.45) is 23.7 Å². The lowest BCUT2D eigenvalue weighted by Gasteiger charge is -2.21. The number of hydrogen-bond acceptors (Lipinski definition) is 15. The fourth-order valence-electron chi connectivity index (χ4n) is 9.57. The summed E-state index contributed by atoms with van der Waals surface area (Å²) in [5, 5.41) is 10.5. The predicted molar refractivity (Wildman–Crippen MR) is 335 cm³/mol. The van der Waals surface area contributed by atoms with Crippen molar-refractivity contribution in [3.8, 4) is 0 Å². The molecular formula is C65H126O17P2. The minimum atomic E-state index is -4.95. The first-order valence-corrected chi connectivity index (χ1v) is 36.7. The van der Waals surface area contributed by atoms with E-state index in [1.54, 1.807) is 0 Å². The van der Waals surface area contributed by atoms with Gasteiger partial charge in [-0.15, -0.1) is 0 Å². The molecule has 17 nitrogen and oxygen atoms in total. The largest absolute Gasteiger partial charge is 0.472 e. The van der Waals surface area contributed by atoms with Gasteiger partial charge in [-0.25, -0.2) is 9.13 Å². The molecule has 0 saturated carbocycles. The average Bonchev–Trinajstić information content (AvgIpc) is 3.45. The molecule has 3 N–H and O–H groups in total. The molecule has 0 spiro atoms. The van der Waals surface area contributed by atoms with Crippen LogP contribution in [0.2, 0.25) is 0 Å². The Balaban J connectivity index is 5.26. The molecule has 0 aromatic heterocycles. The summed E-state index contributed by atoms with van der Waals surface area (Å²) < 4.78 is 68.0. The SMILES string of the molecule is CCC(C)CCCCCCCCC(=O)O[C@H](COC(=O)CCCCCCCCCC(C)C)COP(=O)(O)OCC(O)COP(=O)(O)OC[C@@H](COC(=O)CCCCCCCCCCCC(C)C)OC(=O)CCCCCCCCCCCC(C)C. The van der Waals surface area contributed by atoms with E-state index in [2.05, 4.69) is 55.4 Å². The molecule has 0 aromatic carbocycles. The van der Waals surface area contributed by atoms with Crippen molar-refractivity contribution in [2.75, 3.05) is 39.6 Å². The van der Waals surface area contributed by atoms with Crippen LogP contribution in [0.25, 0.3) is 0 Å². The summed E-state index contributed by atoms with van der Waals surface area (Å²) in [4.78, 5) is 72.3. The van der Waals surface area contributed by atoms with E-state index in [0.29, 0.717) is 31.6 Å². The van der Waals surface area contributed by atoms with Gasteiger partial charge in [0.2, 0.25) is 0 Å². The number of unbranched alkanes of at least 4 members (excludes halogenated alkanes) is 27. The second kappa shape index (κ2) is 55.2. The Kier molecular flexibility index (Phi) is 53.9. The van der Waals surface area contributed by atoms with Crippen molar-refractivity contribution in [1.82, 2.24) is 0 Å². The molecule has 0 rings (SSSR count). The number of phosphoric ester groups is 2. The highest BCUT2D eigenvalue weighted by Crippen LogP contribution is 2.45. The van der Waals surface area contributed by atoms with E-state index < -0.39 is 97.5 Å². The number of carbonyl (C=O) groups is 4. The topological polar surface area (TPSA) is 237 Å². The van der Waals surface area contributed by atoms with E-state index in [1.165, 1.54) is 109 Å². The lowest BCUT2D eigenvalue weighted by Crippen LogP contribution is -2.30. The average molecular weight is 1240 g/mol. The molecule has 0 aliphatic rings. The smallest absolute Gasteiger partial charge is 0.462 e. The molecule has 0 radical (unpaired) electrons. The zero-order valence-corrected chi connectivity index (χ0v) is 56.3. The lowest BCUT2D eigenvalue weighted by atomic mass is 10.00. The van der Waals surface area contributed by atoms with E-state index in [1.807, 2.05) is 0 Å². The van der Waals surface area contributed by atoms with Crippen LogP contribution in [0.5, 0.6) is 0 Å². The summed E-state index contributed by atoms with van der Waals surface area (Å²) in [6.45, 7) is 14.0. The first-order chi connectivity index (χ1) is 40.1. The van der Waals surface area contributed by atoms with Crippen molar-refractivity contribution >= 4 is 39.5 Å². The normalized spacial score (nSPS) is 14.7. The van der Waals surface area contributed by atoms with Gasteiger partial charge in [0.25, 0.3) is 0 Å². The van der Waals surface area contributed by atoms with Gasteiger partial charge in [0, 0.05) is 25.7 Å². The molecule has 0 amide bonds. The Morgan fingerprint density at radius 1 is 0.333 bits per heavy atom. The third-order valence-electron chi connectivity index (χ3n) is 15.2. The molecule has 0 fully saturated rings. The molecule has 0 aliphatic heterocycles. The monoisotopic (exact) mass is 1240 g/mol. The maximum absolute atomic E-state index is 13.0. The van der Waals surface area contributed by atoms with Crippen LogP contribution < -0.4 is 0 Å². The second-order valence-electron chi connectivity index (χ2n) is 25.2. The molecular weight excluding hydrogens is 1110 g/mol. The number of aliphatic hydroxyl groups is 1. The highest BCUT2D eigenvalue weighted by atomic mass is 31.2. The van der Waals surface area contributed by atoms with Crippen molar-refractivity contribution in [3.63, 3.8) is 0 Å². The van der Waals surface area contributed by atoms with E-state index in [-0.39, 0.29) is 25.7 Å². The minimum Gasteiger partial charge on any atom is -0.462 e. The summed E-state index contributed by atoms with van der Waals surface area (Å²) in [5.74, 6) is 0.765. The van der Waals surface area contributed by atoms with Gasteiger partial charge in [-0.1, -0.05) is 261 Å². The third-order valence-corrected chi connectivity index (χ3v) is 17.1. The molecule has 0 saturated heterocycles. The summed E-state index contributed by atoms with van der Waals surface area (Å²) in [7, 11) is -9.89. The van der Waals surface area contributed by atoms with Crippen LogP contribution >= 0.6 is 15.6 Å². The molecule has 498 valence electrons. The molecule has 0 bridgehead atoms. The number of carbonyl (C=O) groups excluding carboxylic acids is 4. The van der Waals surface area contributed by atoms with E-state index >= 15 is 0 Å². The standard InChI is InChI=1S/C65H126O17P2/c1-9-58(8)44-36-28-23-24-32-40-48-65(70)82-61(52-76-63(68)46-38-30-22-16-19-27-35-43-57(6)7)54-80-84(73,74)78-50-59(66)49-77-83(71,72)79-53-60(81-64(69)47-39-31-21-15-11-13-18-26-34-42-56(4)5)51-75-62(67)45-37-29-20-14-10-12-17-25-33-41-55(2)3/h55-61,66H,9-54H2,1-8H3,(H,71,72)(H,73,74)/t58?,59?,60-,61-/m1/s1. The summed E-state index contributed by atoms with van der Waals surface area (Å²) in [6, 6.07) is 0. The Labute approximate surface area is 511 Å². The zero-order chi connectivity index (χ0) is 62.5. The summed E-state index contributed by atoms with van der Waals surface area (Å²) in [6.07, 6.45) is 35.0. The fourth-order valence-corrected chi connectivity index (χ4v) is 11.2. The molecule has 0 aliphatic carbocycles. The van der Waals surface area contributed by atoms with E-state index in [4.69, 9.17) is 37.0 Å². The van der Waals surface area contributed by atoms with Gasteiger partial charge < -0.3 is 33.8 Å². The number of esters is 4. The second-order valence-corrected chi connectivity index (χ2v) is 28.1. The molecule has 4 unspecified atom stereocenters. The van der Waals surface area contributed by atoms with Gasteiger partial charge in [-0.05, 0) is 49.4 Å². The summed E-state index contributed by atoms with van der Waals surface area (Å²) in [5.41, 5.74) is 0. The van der Waals surface area contributed by atoms with Gasteiger partial charge >= 0.3 is 39.5 Å². The maximum Gasteiger partial charge on any atom is 0.472 e. The zero-order valence-electron chi connectivity index (χ0n) is 54.5. The third kappa shape index (κ3) is 57.8. The first-order valence-electron chi connectivity index (χ1n) is 33.7. The highest BCUT2D eigenvalue weighted by molar-refractivity contribution is 7.47. The van der Waals surface area contributed by atoms with E-state index in [9.17, 15) is 43.2 Å². The van der Waals surface area contributed by atoms with Crippen LogP contribution in [0, 0.1) is 23.7 Å². The maximum atomic E-state index is 13.0. The van der Waals surface area contributed by atoms with Gasteiger partial charge in [-0.3, -0.25) is 37.3 Å². The number of phosphoric acid groups is 2. The molecule has 0 aromatic rings. The van der Waals surface area contributed by atoms with Gasteiger partial charge in [0.1, 0.15) is 19.3 Å². The van der Waals surface area contributed by atoms with Gasteiger partial charge in [0.05, 0.1) is 26.4 Å². The number of ether oxygens (including phenoxy) is 4. The Bertz CT molecular complexity index is 1680. The molecule has 19 heteroatoms. The minimum absolute atomic E-state index is 0.101. The Hall–Kier alpha value is -1.94. The van der Waals surface area contributed by atoms with Crippen molar-refractivity contribution in [3.05, 3.63) is 0 Å². The van der Waals surface area contributed by atoms with Crippen molar-refractivity contribution < 1.29 is 80.2 Å². The first kappa shape index (κ1) is 82.1. The fraction of sp³-hybridized carbons (Fsp3) is 0.938. The van der Waals surface area contributed by atoms with Crippen LogP contribution in [0.3, 0.4) is 0 Å². The van der Waals surface area contributed by atoms with Crippen LogP contribution in [0.4, 0.5) is 0 Å². The highest BCUT2D eigenvalue weighted by Gasteiger charge is 2.30. The quantitative estimate of drug-likeness (QED) is 0.0222. The molecule has 0 heterocycles. The van der Waals surface area contributed by atoms with Gasteiger partial charge in [-0.2, -0.15) is 0 Å². The predicted octanol–water partition coefficient (Wildman–Crippen LogP) is 17.8.